The molecule has 132 valence electrons. The molecule has 0 N–H and O–H groups in total. The van der Waals surface area contributed by atoms with Crippen LogP contribution in [0.2, 0.25) is 0 Å². The molecule has 0 saturated carbocycles. The van der Waals surface area contributed by atoms with Crippen molar-refractivity contribution >= 4 is 5.82 Å². The van der Waals surface area contributed by atoms with Gasteiger partial charge in [0.25, 0.3) is 0 Å². The van der Waals surface area contributed by atoms with Crippen LogP contribution in [-0.4, -0.2) is 56.6 Å². The third-order valence-corrected chi connectivity index (χ3v) is 4.71. The number of aromatic nitrogens is 2. The molecule has 1 fully saturated rings. The summed E-state index contributed by atoms with van der Waals surface area (Å²) in [5.41, 5.74) is 3.35. The third-order valence-electron chi connectivity index (χ3n) is 4.71. The van der Waals surface area contributed by atoms with Crippen LogP contribution >= 0.6 is 0 Å². The Labute approximate surface area is 147 Å². The fourth-order valence-electron chi connectivity index (χ4n) is 3.33. The normalized spacial score (nSPS) is 17.7. The number of methoxy groups -OCH3 is 1. The van der Waals surface area contributed by atoms with Gasteiger partial charge in [0.05, 0.1) is 39.2 Å². The lowest BCUT2D eigenvalue weighted by Gasteiger charge is -2.30. The molecule has 25 heavy (non-hydrogen) atoms. The highest BCUT2D eigenvalue weighted by Gasteiger charge is 2.23. The van der Waals surface area contributed by atoms with Gasteiger partial charge in [-0.2, -0.15) is 0 Å². The number of fused-ring (bicyclic) bond motifs is 1. The van der Waals surface area contributed by atoms with E-state index in [4.69, 9.17) is 24.2 Å². The van der Waals surface area contributed by atoms with Crippen LogP contribution in [0, 0.1) is 0 Å². The Bertz CT molecular complexity index is 727. The lowest BCUT2D eigenvalue weighted by Crippen LogP contribution is -2.37. The molecule has 0 unspecified atom stereocenters. The largest absolute Gasteiger partial charge is 0.497 e. The Hall–Kier alpha value is -2.18. The Morgan fingerprint density at radius 1 is 0.920 bits per heavy atom. The van der Waals surface area contributed by atoms with Crippen LogP contribution in [0.15, 0.2) is 24.3 Å². The molecule has 2 aliphatic heterocycles. The van der Waals surface area contributed by atoms with E-state index in [0.717, 1.165) is 74.4 Å². The Balaban J connectivity index is 1.77. The molecular formula is C19H23N3O3. The van der Waals surface area contributed by atoms with Gasteiger partial charge in [0, 0.05) is 37.1 Å². The Kier molecular flexibility index (Phi) is 4.81. The number of anilines is 1. The van der Waals surface area contributed by atoms with E-state index in [9.17, 15) is 0 Å². The lowest BCUT2D eigenvalue weighted by atomic mass is 10.1. The van der Waals surface area contributed by atoms with Gasteiger partial charge in [-0.25, -0.2) is 9.97 Å². The van der Waals surface area contributed by atoms with E-state index in [0.29, 0.717) is 6.61 Å². The molecule has 3 heterocycles. The molecule has 1 saturated heterocycles. The topological polar surface area (TPSA) is 56.7 Å². The second-order valence-corrected chi connectivity index (χ2v) is 6.24. The molecule has 0 radical (unpaired) electrons. The summed E-state index contributed by atoms with van der Waals surface area (Å²) in [7, 11) is 1.67. The van der Waals surface area contributed by atoms with Crippen molar-refractivity contribution in [1.82, 2.24) is 9.97 Å². The van der Waals surface area contributed by atoms with Crippen molar-refractivity contribution in [2.75, 3.05) is 51.5 Å². The number of ether oxygens (including phenoxy) is 3. The summed E-state index contributed by atoms with van der Waals surface area (Å²) in [6.07, 6.45) is 1.70. The van der Waals surface area contributed by atoms with E-state index in [-0.39, 0.29) is 0 Å². The molecule has 0 atom stereocenters. The Morgan fingerprint density at radius 3 is 2.40 bits per heavy atom. The van der Waals surface area contributed by atoms with E-state index in [1.54, 1.807) is 7.11 Å². The summed E-state index contributed by atoms with van der Waals surface area (Å²) >= 11 is 0. The quantitative estimate of drug-likeness (QED) is 0.852. The maximum Gasteiger partial charge on any atom is 0.161 e. The van der Waals surface area contributed by atoms with Crippen molar-refractivity contribution in [3.8, 4) is 17.1 Å². The first kappa shape index (κ1) is 16.3. The first-order chi connectivity index (χ1) is 12.3. The van der Waals surface area contributed by atoms with Gasteiger partial charge >= 0.3 is 0 Å². The smallest absolute Gasteiger partial charge is 0.161 e. The maximum atomic E-state index is 5.67. The summed E-state index contributed by atoms with van der Waals surface area (Å²) in [5, 5.41) is 0. The standard InChI is InChI=1S/C19H23N3O3/c1-23-15-4-2-14(3-5-15)18-20-17-7-11-24-10-6-16(17)19(21-18)22-8-12-25-13-9-22/h2-5H,6-13H2,1H3. The summed E-state index contributed by atoms with van der Waals surface area (Å²) in [5.74, 6) is 2.65. The van der Waals surface area contributed by atoms with Crippen molar-refractivity contribution in [3.63, 3.8) is 0 Å². The molecular weight excluding hydrogens is 318 g/mol. The van der Waals surface area contributed by atoms with Gasteiger partial charge in [-0.3, -0.25) is 0 Å². The van der Waals surface area contributed by atoms with E-state index in [1.807, 2.05) is 24.3 Å². The number of hydrogen-bond donors (Lipinski definition) is 0. The predicted octanol–water partition coefficient (Wildman–Crippen LogP) is 2.10. The Morgan fingerprint density at radius 2 is 1.64 bits per heavy atom. The minimum Gasteiger partial charge on any atom is -0.497 e. The van der Waals surface area contributed by atoms with E-state index < -0.39 is 0 Å². The number of morpholine rings is 1. The highest BCUT2D eigenvalue weighted by Crippen LogP contribution is 2.29. The minimum absolute atomic E-state index is 0.717. The van der Waals surface area contributed by atoms with Crippen LogP contribution in [-0.2, 0) is 22.3 Å². The van der Waals surface area contributed by atoms with Crippen molar-refractivity contribution in [2.45, 2.75) is 12.8 Å². The van der Waals surface area contributed by atoms with Gasteiger partial charge in [0.2, 0.25) is 0 Å². The van der Waals surface area contributed by atoms with Crippen molar-refractivity contribution < 1.29 is 14.2 Å². The second kappa shape index (κ2) is 7.37. The summed E-state index contributed by atoms with van der Waals surface area (Å²) < 4.78 is 16.4. The van der Waals surface area contributed by atoms with E-state index in [2.05, 4.69) is 4.90 Å². The summed E-state index contributed by atoms with van der Waals surface area (Å²) in [6.45, 7) is 4.67. The average Bonchev–Trinajstić information content (AvgIpc) is 2.93. The van der Waals surface area contributed by atoms with Crippen molar-refractivity contribution in [2.24, 2.45) is 0 Å². The van der Waals surface area contributed by atoms with Gasteiger partial charge in [0.15, 0.2) is 5.82 Å². The van der Waals surface area contributed by atoms with Crippen molar-refractivity contribution in [1.29, 1.82) is 0 Å². The first-order valence-electron chi connectivity index (χ1n) is 8.80. The van der Waals surface area contributed by atoms with E-state index in [1.165, 1.54) is 5.56 Å². The number of hydrogen-bond acceptors (Lipinski definition) is 6. The highest BCUT2D eigenvalue weighted by molar-refractivity contribution is 5.62. The number of rotatable bonds is 3. The van der Waals surface area contributed by atoms with Crippen LogP contribution in [0.4, 0.5) is 5.82 Å². The van der Waals surface area contributed by atoms with Crippen LogP contribution in [0.1, 0.15) is 11.3 Å². The molecule has 0 amide bonds. The minimum atomic E-state index is 0.717. The van der Waals surface area contributed by atoms with Gasteiger partial charge in [-0.15, -0.1) is 0 Å². The zero-order valence-electron chi connectivity index (χ0n) is 14.5. The highest BCUT2D eigenvalue weighted by atomic mass is 16.5. The lowest BCUT2D eigenvalue weighted by molar-refractivity contribution is 0.122. The molecule has 0 bridgehead atoms. The van der Waals surface area contributed by atoms with Gasteiger partial charge in [-0.05, 0) is 24.3 Å². The van der Waals surface area contributed by atoms with Crippen molar-refractivity contribution in [3.05, 3.63) is 35.5 Å². The van der Waals surface area contributed by atoms with Gasteiger partial charge < -0.3 is 19.1 Å². The molecule has 6 nitrogen and oxygen atoms in total. The molecule has 0 spiro atoms. The molecule has 2 aliphatic rings. The predicted molar refractivity (Wildman–Crippen MR) is 95.3 cm³/mol. The summed E-state index contributed by atoms with van der Waals surface area (Å²) in [6, 6.07) is 7.91. The zero-order chi connectivity index (χ0) is 17.1. The zero-order valence-corrected chi connectivity index (χ0v) is 14.5. The number of nitrogens with zero attached hydrogens (tertiary/aromatic N) is 3. The van der Waals surface area contributed by atoms with Crippen LogP contribution < -0.4 is 9.64 Å². The molecule has 4 rings (SSSR count). The van der Waals surface area contributed by atoms with Gasteiger partial charge in [0.1, 0.15) is 11.6 Å². The number of benzene rings is 1. The fraction of sp³-hybridized carbons (Fsp3) is 0.474. The van der Waals surface area contributed by atoms with Gasteiger partial charge in [-0.1, -0.05) is 0 Å². The fourth-order valence-corrected chi connectivity index (χ4v) is 3.33. The molecule has 0 aliphatic carbocycles. The second-order valence-electron chi connectivity index (χ2n) is 6.24. The maximum absolute atomic E-state index is 5.67. The summed E-state index contributed by atoms with van der Waals surface area (Å²) in [4.78, 5) is 12.1. The van der Waals surface area contributed by atoms with Crippen LogP contribution in [0.5, 0.6) is 5.75 Å². The molecule has 2 aromatic rings. The monoisotopic (exact) mass is 341 g/mol. The van der Waals surface area contributed by atoms with E-state index >= 15 is 0 Å². The van der Waals surface area contributed by atoms with Crippen LogP contribution in [0.25, 0.3) is 11.4 Å². The third kappa shape index (κ3) is 3.45. The SMILES string of the molecule is COc1ccc(-c2nc3c(c(N4CCOCC4)n2)CCOCC3)cc1. The average molecular weight is 341 g/mol. The van der Waals surface area contributed by atoms with Crippen LogP contribution in [0.3, 0.4) is 0 Å². The molecule has 6 heteroatoms. The molecule has 1 aromatic carbocycles. The molecule has 1 aromatic heterocycles. The first-order valence-corrected chi connectivity index (χ1v) is 8.80.